The minimum atomic E-state index is -0.573. The summed E-state index contributed by atoms with van der Waals surface area (Å²) in [5.41, 5.74) is 1.97. The largest absolute Gasteiger partial charge is 0.506 e. The van der Waals surface area contributed by atoms with E-state index in [1.165, 1.54) is 4.57 Å². The van der Waals surface area contributed by atoms with Crippen molar-refractivity contribution in [3.05, 3.63) is 75.6 Å². The van der Waals surface area contributed by atoms with Gasteiger partial charge in [0.05, 0.1) is 5.52 Å². The van der Waals surface area contributed by atoms with Crippen molar-refractivity contribution in [2.24, 2.45) is 0 Å². The van der Waals surface area contributed by atoms with E-state index in [0.717, 1.165) is 11.1 Å². The number of aromatic hydroxyl groups is 1. The molecule has 1 amide bonds. The molecule has 0 fully saturated rings. The summed E-state index contributed by atoms with van der Waals surface area (Å²) in [5.74, 6) is -0.845. The van der Waals surface area contributed by atoms with Crippen LogP contribution >= 0.6 is 0 Å². The number of pyridine rings is 1. The average Bonchev–Trinajstić information content (AvgIpc) is 2.62. The number of aromatic nitrogens is 1. The number of benzene rings is 2. The number of rotatable bonds is 4. The quantitative estimate of drug-likeness (QED) is 0.769. The van der Waals surface area contributed by atoms with Crippen molar-refractivity contribution in [2.45, 2.75) is 26.9 Å². The fourth-order valence-electron chi connectivity index (χ4n) is 2.88. The van der Waals surface area contributed by atoms with Crippen molar-refractivity contribution in [2.75, 3.05) is 0 Å². The third kappa shape index (κ3) is 3.13. The van der Waals surface area contributed by atoms with E-state index in [4.69, 9.17) is 0 Å². The Morgan fingerprint density at radius 2 is 1.80 bits per heavy atom. The second kappa shape index (κ2) is 6.81. The predicted octanol–water partition coefficient (Wildman–Crippen LogP) is 2.97. The lowest BCUT2D eigenvalue weighted by Gasteiger charge is -2.13. The Morgan fingerprint density at radius 1 is 1.12 bits per heavy atom. The van der Waals surface area contributed by atoms with E-state index in [1.54, 1.807) is 24.3 Å². The molecule has 5 nitrogen and oxygen atoms in total. The highest BCUT2D eigenvalue weighted by atomic mass is 16.3. The maximum Gasteiger partial charge on any atom is 0.267 e. The monoisotopic (exact) mass is 336 g/mol. The molecule has 3 rings (SSSR count). The third-order valence-electron chi connectivity index (χ3n) is 4.26. The highest BCUT2D eigenvalue weighted by molar-refractivity contribution is 6.02. The first-order valence-electron chi connectivity index (χ1n) is 8.21. The standard InChI is InChI=1S/C20H20N2O3/c1-3-22-16-7-5-4-6-15(16)18(23)17(20(22)25)19(24)21-12-14-10-8-13(2)9-11-14/h4-11,23H,3,12H2,1-2H3,(H,21,24). The van der Waals surface area contributed by atoms with Gasteiger partial charge in [-0.1, -0.05) is 42.0 Å². The van der Waals surface area contributed by atoms with Gasteiger partial charge in [-0.25, -0.2) is 0 Å². The third-order valence-corrected chi connectivity index (χ3v) is 4.26. The molecule has 0 atom stereocenters. The Morgan fingerprint density at radius 3 is 2.48 bits per heavy atom. The smallest absolute Gasteiger partial charge is 0.267 e. The second-order valence-electron chi connectivity index (χ2n) is 5.96. The molecule has 0 unspecified atom stereocenters. The number of fused-ring (bicyclic) bond motifs is 1. The van der Waals surface area contributed by atoms with E-state index < -0.39 is 11.5 Å². The summed E-state index contributed by atoms with van der Waals surface area (Å²) in [6.45, 7) is 4.52. The van der Waals surface area contributed by atoms with Gasteiger partial charge in [0.15, 0.2) is 0 Å². The fourth-order valence-corrected chi connectivity index (χ4v) is 2.88. The van der Waals surface area contributed by atoms with Crippen molar-refractivity contribution in [3.8, 4) is 5.75 Å². The van der Waals surface area contributed by atoms with Gasteiger partial charge in [0.2, 0.25) is 0 Å². The van der Waals surface area contributed by atoms with E-state index in [0.29, 0.717) is 17.4 Å². The highest BCUT2D eigenvalue weighted by Crippen LogP contribution is 2.26. The number of hydrogen-bond acceptors (Lipinski definition) is 3. The molecule has 128 valence electrons. The molecule has 3 aromatic rings. The van der Waals surface area contributed by atoms with Gasteiger partial charge in [-0.2, -0.15) is 0 Å². The molecule has 0 spiro atoms. The number of amides is 1. The SMILES string of the molecule is CCn1c(=O)c(C(=O)NCc2ccc(C)cc2)c(O)c2ccccc21. The molecule has 0 saturated carbocycles. The molecule has 1 heterocycles. The summed E-state index contributed by atoms with van der Waals surface area (Å²) in [6.07, 6.45) is 0. The average molecular weight is 336 g/mol. The van der Waals surface area contributed by atoms with E-state index in [1.807, 2.05) is 38.1 Å². The zero-order chi connectivity index (χ0) is 18.0. The van der Waals surface area contributed by atoms with Crippen LogP contribution < -0.4 is 10.9 Å². The van der Waals surface area contributed by atoms with Crippen LogP contribution in [0.3, 0.4) is 0 Å². The van der Waals surface area contributed by atoms with Crippen LogP contribution in [0.5, 0.6) is 5.75 Å². The van der Waals surface area contributed by atoms with Crippen molar-refractivity contribution in [3.63, 3.8) is 0 Å². The topological polar surface area (TPSA) is 71.3 Å². The van der Waals surface area contributed by atoms with Gasteiger partial charge >= 0.3 is 0 Å². The molecule has 1 aromatic heterocycles. The van der Waals surface area contributed by atoms with Gasteiger partial charge in [-0.3, -0.25) is 9.59 Å². The summed E-state index contributed by atoms with van der Waals surface area (Å²) in [4.78, 5) is 25.2. The molecule has 0 aliphatic heterocycles. The first-order chi connectivity index (χ1) is 12.0. The lowest BCUT2D eigenvalue weighted by Crippen LogP contribution is -2.33. The summed E-state index contributed by atoms with van der Waals surface area (Å²) in [7, 11) is 0. The van der Waals surface area contributed by atoms with Crippen LogP contribution in [0.15, 0.2) is 53.3 Å². The van der Waals surface area contributed by atoms with E-state index in [2.05, 4.69) is 5.32 Å². The summed E-state index contributed by atoms with van der Waals surface area (Å²) in [5, 5.41) is 13.7. The number of nitrogens with one attached hydrogen (secondary N) is 1. The van der Waals surface area contributed by atoms with Gasteiger partial charge in [-0.15, -0.1) is 0 Å². The number of para-hydroxylation sites is 1. The first kappa shape index (κ1) is 16.8. The zero-order valence-corrected chi connectivity index (χ0v) is 14.2. The highest BCUT2D eigenvalue weighted by Gasteiger charge is 2.21. The van der Waals surface area contributed by atoms with Crippen molar-refractivity contribution < 1.29 is 9.90 Å². The van der Waals surface area contributed by atoms with Crippen molar-refractivity contribution in [1.29, 1.82) is 0 Å². The Kier molecular flexibility index (Phi) is 4.57. The molecular weight excluding hydrogens is 316 g/mol. The van der Waals surface area contributed by atoms with Gasteiger partial charge in [0, 0.05) is 18.5 Å². The van der Waals surface area contributed by atoms with E-state index >= 15 is 0 Å². The lowest BCUT2D eigenvalue weighted by molar-refractivity contribution is 0.0946. The summed E-state index contributed by atoms with van der Waals surface area (Å²) in [6, 6.07) is 14.8. The van der Waals surface area contributed by atoms with Crippen LogP contribution in [0, 0.1) is 6.92 Å². The van der Waals surface area contributed by atoms with Gasteiger partial charge < -0.3 is 15.0 Å². The minimum absolute atomic E-state index is 0.215. The molecule has 0 aliphatic rings. The Bertz CT molecular complexity index is 988. The second-order valence-corrected chi connectivity index (χ2v) is 5.96. The number of carbonyl (C=O) groups is 1. The molecule has 0 aliphatic carbocycles. The van der Waals surface area contributed by atoms with Crippen LogP contribution in [-0.4, -0.2) is 15.6 Å². The maximum absolute atomic E-state index is 12.7. The van der Waals surface area contributed by atoms with Crippen molar-refractivity contribution >= 4 is 16.8 Å². The Hall–Kier alpha value is -3.08. The zero-order valence-electron chi connectivity index (χ0n) is 14.2. The van der Waals surface area contributed by atoms with Crippen LogP contribution in [0.25, 0.3) is 10.9 Å². The van der Waals surface area contributed by atoms with Gasteiger partial charge in [0.25, 0.3) is 11.5 Å². The van der Waals surface area contributed by atoms with Crippen LogP contribution in [0.2, 0.25) is 0 Å². The molecule has 2 aromatic carbocycles. The minimum Gasteiger partial charge on any atom is -0.506 e. The number of aryl methyl sites for hydroxylation is 2. The van der Waals surface area contributed by atoms with Crippen LogP contribution in [0.1, 0.15) is 28.4 Å². The molecule has 0 radical (unpaired) electrons. The first-order valence-corrected chi connectivity index (χ1v) is 8.21. The number of nitrogens with zero attached hydrogens (tertiary/aromatic N) is 1. The van der Waals surface area contributed by atoms with Crippen molar-refractivity contribution in [1.82, 2.24) is 9.88 Å². The van der Waals surface area contributed by atoms with Gasteiger partial charge in [-0.05, 0) is 31.5 Å². The normalized spacial score (nSPS) is 10.8. The summed E-state index contributed by atoms with van der Waals surface area (Å²) >= 11 is 0. The lowest BCUT2D eigenvalue weighted by atomic mass is 10.1. The predicted molar refractivity (Wildman–Crippen MR) is 97.9 cm³/mol. The summed E-state index contributed by atoms with van der Waals surface area (Å²) < 4.78 is 1.50. The molecule has 5 heteroatoms. The molecular formula is C20H20N2O3. The van der Waals surface area contributed by atoms with E-state index in [-0.39, 0.29) is 17.9 Å². The number of carbonyl (C=O) groups excluding carboxylic acids is 1. The van der Waals surface area contributed by atoms with Gasteiger partial charge in [0.1, 0.15) is 11.3 Å². The number of hydrogen-bond donors (Lipinski definition) is 2. The van der Waals surface area contributed by atoms with Crippen LogP contribution in [0.4, 0.5) is 0 Å². The fraction of sp³-hybridized carbons (Fsp3) is 0.200. The Balaban J connectivity index is 1.98. The molecule has 2 N–H and O–H groups in total. The molecule has 0 saturated heterocycles. The van der Waals surface area contributed by atoms with Crippen LogP contribution in [-0.2, 0) is 13.1 Å². The van der Waals surface area contributed by atoms with E-state index in [9.17, 15) is 14.7 Å². The Labute approximate surface area is 145 Å². The maximum atomic E-state index is 12.7. The molecule has 0 bridgehead atoms. The molecule has 25 heavy (non-hydrogen) atoms.